The summed E-state index contributed by atoms with van der Waals surface area (Å²) >= 11 is 0. The zero-order valence-electron chi connectivity index (χ0n) is 18.3. The van der Waals surface area contributed by atoms with Gasteiger partial charge < -0.3 is 10.1 Å². The Morgan fingerprint density at radius 3 is 2.38 bits per heavy atom. The van der Waals surface area contributed by atoms with Gasteiger partial charge in [0.15, 0.2) is 0 Å². The van der Waals surface area contributed by atoms with Crippen LogP contribution >= 0.6 is 0 Å². The number of fused-ring (bicyclic) bond motifs is 1. The van der Waals surface area contributed by atoms with Crippen molar-refractivity contribution in [3.05, 3.63) is 70.8 Å². The van der Waals surface area contributed by atoms with E-state index >= 15 is 0 Å². The van der Waals surface area contributed by atoms with Crippen LogP contribution in [0.15, 0.2) is 48.5 Å². The van der Waals surface area contributed by atoms with E-state index in [4.69, 9.17) is 0 Å². The van der Waals surface area contributed by atoms with E-state index in [1.807, 2.05) is 30.3 Å². The Morgan fingerprint density at radius 2 is 1.62 bits per heavy atom. The number of hydrogen-bond acceptors (Lipinski definition) is 5. The number of carbonyl (C=O) groups excluding carboxylic acids is 4. The lowest BCUT2D eigenvalue weighted by Crippen LogP contribution is -2.31. The van der Waals surface area contributed by atoms with Crippen LogP contribution in [0.2, 0.25) is 0 Å². The first-order chi connectivity index (χ1) is 15.5. The minimum Gasteiger partial charge on any atom is -0.469 e. The van der Waals surface area contributed by atoms with Gasteiger partial charge in [-0.05, 0) is 43.0 Å². The molecule has 0 aliphatic carbocycles. The third kappa shape index (κ3) is 5.81. The number of methoxy groups -OCH3 is 1. The SMILES string of the molecule is COC(=O)CCCCCCNC(=O)c1ccc2c(c1)C(=O)N(CCc1ccccc1)C2=O. The number of rotatable bonds is 11. The van der Waals surface area contributed by atoms with Gasteiger partial charge in [-0.1, -0.05) is 43.2 Å². The maximum atomic E-state index is 12.8. The summed E-state index contributed by atoms with van der Waals surface area (Å²) in [6.07, 6.45) is 4.33. The summed E-state index contributed by atoms with van der Waals surface area (Å²) in [5.41, 5.74) is 2.03. The molecule has 0 saturated heterocycles. The van der Waals surface area contributed by atoms with Crippen molar-refractivity contribution in [2.45, 2.75) is 38.5 Å². The average Bonchev–Trinajstić information content (AvgIpc) is 3.06. The lowest BCUT2D eigenvalue weighted by molar-refractivity contribution is -0.140. The molecule has 2 aromatic rings. The molecular weight excluding hydrogens is 408 g/mol. The zero-order valence-corrected chi connectivity index (χ0v) is 18.3. The van der Waals surface area contributed by atoms with E-state index < -0.39 is 0 Å². The Labute approximate surface area is 187 Å². The van der Waals surface area contributed by atoms with Gasteiger partial charge in [-0.2, -0.15) is 0 Å². The van der Waals surface area contributed by atoms with E-state index in [1.165, 1.54) is 18.1 Å². The summed E-state index contributed by atoms with van der Waals surface area (Å²) in [5.74, 6) is -1.16. The van der Waals surface area contributed by atoms with Crippen molar-refractivity contribution >= 4 is 23.7 Å². The second-order valence-corrected chi connectivity index (χ2v) is 7.75. The van der Waals surface area contributed by atoms with E-state index in [-0.39, 0.29) is 29.3 Å². The van der Waals surface area contributed by atoms with E-state index in [0.717, 1.165) is 31.2 Å². The number of amides is 3. The number of esters is 1. The lowest BCUT2D eigenvalue weighted by atomic mass is 10.1. The second kappa shape index (κ2) is 11.2. The number of nitrogens with one attached hydrogen (secondary N) is 1. The molecule has 0 radical (unpaired) electrons. The van der Waals surface area contributed by atoms with Crippen LogP contribution in [0, 0.1) is 0 Å². The van der Waals surface area contributed by atoms with Gasteiger partial charge in [0.2, 0.25) is 0 Å². The molecule has 7 heteroatoms. The maximum Gasteiger partial charge on any atom is 0.305 e. The van der Waals surface area contributed by atoms with Crippen LogP contribution in [0.1, 0.15) is 68.7 Å². The summed E-state index contributed by atoms with van der Waals surface area (Å²) in [6.45, 7) is 0.804. The highest BCUT2D eigenvalue weighted by Gasteiger charge is 2.35. The molecule has 0 aromatic heterocycles. The summed E-state index contributed by atoms with van der Waals surface area (Å²) in [4.78, 5) is 50.2. The first-order valence-corrected chi connectivity index (χ1v) is 10.9. The summed E-state index contributed by atoms with van der Waals surface area (Å²) < 4.78 is 4.60. The van der Waals surface area contributed by atoms with Gasteiger partial charge in [-0.3, -0.25) is 24.1 Å². The van der Waals surface area contributed by atoms with E-state index in [9.17, 15) is 19.2 Å². The van der Waals surface area contributed by atoms with Crippen LogP contribution in [0.25, 0.3) is 0 Å². The number of hydrogen-bond donors (Lipinski definition) is 1. The summed E-state index contributed by atoms with van der Waals surface area (Å²) in [7, 11) is 1.38. The van der Waals surface area contributed by atoms with Crippen LogP contribution in [-0.4, -0.2) is 48.8 Å². The smallest absolute Gasteiger partial charge is 0.305 e. The molecule has 0 saturated carbocycles. The highest BCUT2D eigenvalue weighted by Crippen LogP contribution is 2.24. The molecule has 1 heterocycles. The van der Waals surface area contributed by atoms with Crippen molar-refractivity contribution in [3.63, 3.8) is 0 Å². The Kier molecular flexibility index (Phi) is 8.14. The second-order valence-electron chi connectivity index (χ2n) is 7.75. The highest BCUT2D eigenvalue weighted by molar-refractivity contribution is 6.22. The minimum atomic E-state index is -0.360. The fraction of sp³-hybridized carbons (Fsp3) is 0.360. The molecule has 1 N–H and O–H groups in total. The molecule has 0 spiro atoms. The number of imide groups is 1. The Balaban J connectivity index is 1.49. The van der Waals surface area contributed by atoms with Crippen molar-refractivity contribution in [2.75, 3.05) is 20.2 Å². The fourth-order valence-electron chi connectivity index (χ4n) is 3.67. The molecule has 32 heavy (non-hydrogen) atoms. The topological polar surface area (TPSA) is 92.8 Å². The van der Waals surface area contributed by atoms with Crippen molar-refractivity contribution in [2.24, 2.45) is 0 Å². The van der Waals surface area contributed by atoms with Crippen LogP contribution in [0.5, 0.6) is 0 Å². The van der Waals surface area contributed by atoms with Gasteiger partial charge in [0.25, 0.3) is 17.7 Å². The van der Waals surface area contributed by atoms with Crippen LogP contribution < -0.4 is 5.32 Å². The van der Waals surface area contributed by atoms with Crippen molar-refractivity contribution < 1.29 is 23.9 Å². The monoisotopic (exact) mass is 436 g/mol. The summed E-state index contributed by atoms with van der Waals surface area (Å²) in [5, 5.41) is 2.84. The van der Waals surface area contributed by atoms with Crippen molar-refractivity contribution in [1.29, 1.82) is 0 Å². The normalized spacial score (nSPS) is 12.6. The standard InChI is InChI=1S/C25H28N2O5/c1-32-22(28)11-7-2-3-8-15-26-23(29)19-12-13-20-21(17-19)25(31)27(24(20)30)16-14-18-9-5-4-6-10-18/h4-6,9-10,12-13,17H,2-3,7-8,11,14-16H2,1H3,(H,26,29). The molecule has 1 aliphatic heterocycles. The molecule has 3 rings (SSSR count). The van der Waals surface area contributed by atoms with Gasteiger partial charge in [-0.15, -0.1) is 0 Å². The average molecular weight is 437 g/mol. The van der Waals surface area contributed by atoms with Crippen LogP contribution in [0.4, 0.5) is 0 Å². The first kappa shape index (κ1) is 23.2. The molecular formula is C25H28N2O5. The predicted molar refractivity (Wildman–Crippen MR) is 119 cm³/mol. The molecule has 3 amide bonds. The third-order valence-electron chi connectivity index (χ3n) is 5.52. The Bertz CT molecular complexity index is 987. The molecule has 0 fully saturated rings. The summed E-state index contributed by atoms with van der Waals surface area (Å²) in [6, 6.07) is 14.3. The minimum absolute atomic E-state index is 0.207. The quantitative estimate of drug-likeness (QED) is 0.331. The van der Waals surface area contributed by atoms with Gasteiger partial charge in [-0.25, -0.2) is 0 Å². The molecule has 0 bridgehead atoms. The van der Waals surface area contributed by atoms with Crippen LogP contribution in [0.3, 0.4) is 0 Å². The zero-order chi connectivity index (χ0) is 22.9. The number of ether oxygens (including phenoxy) is 1. The molecule has 1 aliphatic rings. The lowest BCUT2D eigenvalue weighted by Gasteiger charge is -2.13. The van der Waals surface area contributed by atoms with E-state index in [2.05, 4.69) is 10.1 Å². The number of unbranched alkanes of at least 4 members (excludes halogenated alkanes) is 3. The first-order valence-electron chi connectivity index (χ1n) is 10.9. The Morgan fingerprint density at radius 1 is 0.906 bits per heavy atom. The van der Waals surface area contributed by atoms with E-state index in [0.29, 0.717) is 37.1 Å². The Hall–Kier alpha value is -3.48. The van der Waals surface area contributed by atoms with E-state index in [1.54, 1.807) is 12.1 Å². The predicted octanol–water partition coefficient (Wildman–Crippen LogP) is 3.38. The highest BCUT2D eigenvalue weighted by atomic mass is 16.5. The van der Waals surface area contributed by atoms with Gasteiger partial charge >= 0.3 is 5.97 Å². The largest absolute Gasteiger partial charge is 0.469 e. The number of benzene rings is 2. The molecule has 168 valence electrons. The van der Waals surface area contributed by atoms with Gasteiger partial charge in [0, 0.05) is 25.1 Å². The van der Waals surface area contributed by atoms with Crippen LogP contribution in [-0.2, 0) is 16.0 Å². The number of carbonyl (C=O) groups is 4. The molecule has 0 atom stereocenters. The third-order valence-corrected chi connectivity index (χ3v) is 5.52. The van der Waals surface area contributed by atoms with Crippen molar-refractivity contribution in [3.8, 4) is 0 Å². The number of nitrogens with zero attached hydrogens (tertiary/aromatic N) is 1. The van der Waals surface area contributed by atoms with Gasteiger partial charge in [0.05, 0.1) is 18.2 Å². The molecule has 0 unspecified atom stereocenters. The van der Waals surface area contributed by atoms with Gasteiger partial charge in [0.1, 0.15) is 0 Å². The maximum absolute atomic E-state index is 12.8. The fourth-order valence-corrected chi connectivity index (χ4v) is 3.67. The molecule has 7 nitrogen and oxygen atoms in total. The van der Waals surface area contributed by atoms with Crippen molar-refractivity contribution in [1.82, 2.24) is 10.2 Å². The molecule has 2 aromatic carbocycles.